The molecular weight excluding hydrogens is 225 g/mol. The van der Waals surface area contributed by atoms with E-state index in [0.29, 0.717) is 6.42 Å². The number of rotatable bonds is 3. The molecule has 0 saturated carbocycles. The SMILES string of the molecule is Cl.Cl.NC(=O)C(N)Cc1ccccn1. The van der Waals surface area contributed by atoms with Gasteiger partial charge in [0.1, 0.15) is 0 Å². The van der Waals surface area contributed by atoms with Gasteiger partial charge in [0.05, 0.1) is 6.04 Å². The highest BCUT2D eigenvalue weighted by Gasteiger charge is 2.09. The van der Waals surface area contributed by atoms with E-state index < -0.39 is 11.9 Å². The van der Waals surface area contributed by atoms with Gasteiger partial charge < -0.3 is 11.5 Å². The van der Waals surface area contributed by atoms with Gasteiger partial charge in [-0.15, -0.1) is 24.8 Å². The molecule has 1 unspecified atom stereocenters. The lowest BCUT2D eigenvalue weighted by atomic mass is 10.1. The maximum Gasteiger partial charge on any atom is 0.234 e. The molecule has 0 aromatic carbocycles. The van der Waals surface area contributed by atoms with Crippen LogP contribution in [0.5, 0.6) is 0 Å². The number of halogens is 2. The van der Waals surface area contributed by atoms with Crippen LogP contribution in [0.25, 0.3) is 0 Å². The largest absolute Gasteiger partial charge is 0.368 e. The highest BCUT2D eigenvalue weighted by Crippen LogP contribution is 1.96. The molecule has 0 bridgehead atoms. The fraction of sp³-hybridized carbons (Fsp3) is 0.250. The summed E-state index contributed by atoms with van der Waals surface area (Å²) in [7, 11) is 0. The Labute approximate surface area is 94.9 Å². The second kappa shape index (κ2) is 7.55. The molecule has 80 valence electrons. The van der Waals surface area contributed by atoms with Crippen LogP contribution in [0, 0.1) is 0 Å². The maximum atomic E-state index is 10.6. The summed E-state index contributed by atoms with van der Waals surface area (Å²) < 4.78 is 0. The van der Waals surface area contributed by atoms with E-state index >= 15 is 0 Å². The number of carbonyl (C=O) groups excluding carboxylic acids is 1. The van der Waals surface area contributed by atoms with E-state index in [1.54, 1.807) is 12.3 Å². The third-order valence-electron chi connectivity index (χ3n) is 1.52. The first-order valence-electron chi connectivity index (χ1n) is 3.65. The van der Waals surface area contributed by atoms with Crippen molar-refractivity contribution < 1.29 is 4.79 Å². The van der Waals surface area contributed by atoms with Gasteiger partial charge in [0.2, 0.25) is 5.91 Å². The van der Waals surface area contributed by atoms with E-state index in [4.69, 9.17) is 11.5 Å². The number of carbonyl (C=O) groups is 1. The summed E-state index contributed by atoms with van der Waals surface area (Å²) >= 11 is 0. The topological polar surface area (TPSA) is 82.0 Å². The van der Waals surface area contributed by atoms with E-state index in [1.807, 2.05) is 12.1 Å². The highest BCUT2D eigenvalue weighted by atomic mass is 35.5. The predicted molar refractivity (Wildman–Crippen MR) is 59.6 cm³/mol. The second-order valence-electron chi connectivity index (χ2n) is 2.53. The number of nitrogens with two attached hydrogens (primary N) is 2. The molecule has 1 rings (SSSR count). The molecule has 6 heteroatoms. The summed E-state index contributed by atoms with van der Waals surface area (Å²) in [5, 5.41) is 0. The molecule has 4 N–H and O–H groups in total. The zero-order valence-electron chi connectivity index (χ0n) is 7.42. The zero-order valence-corrected chi connectivity index (χ0v) is 9.05. The number of hydrogen-bond acceptors (Lipinski definition) is 3. The van der Waals surface area contributed by atoms with Gasteiger partial charge in [0.15, 0.2) is 0 Å². The van der Waals surface area contributed by atoms with Gasteiger partial charge in [-0.3, -0.25) is 9.78 Å². The first-order chi connectivity index (χ1) is 5.70. The van der Waals surface area contributed by atoms with Crippen LogP contribution in [0.2, 0.25) is 0 Å². The maximum absolute atomic E-state index is 10.6. The summed E-state index contributed by atoms with van der Waals surface area (Å²) in [6.45, 7) is 0. The third kappa shape index (κ3) is 5.01. The Morgan fingerprint density at radius 1 is 1.43 bits per heavy atom. The van der Waals surface area contributed by atoms with Crippen molar-refractivity contribution in [3.8, 4) is 0 Å². The first-order valence-corrected chi connectivity index (χ1v) is 3.65. The number of hydrogen-bond donors (Lipinski definition) is 2. The first kappa shape index (κ1) is 15.6. The smallest absolute Gasteiger partial charge is 0.234 e. The van der Waals surface area contributed by atoms with Crippen molar-refractivity contribution in [1.29, 1.82) is 0 Å². The number of amides is 1. The van der Waals surface area contributed by atoms with Crippen molar-refractivity contribution in [3.05, 3.63) is 30.1 Å². The number of nitrogens with zero attached hydrogens (tertiary/aromatic N) is 1. The van der Waals surface area contributed by atoms with Gasteiger partial charge >= 0.3 is 0 Å². The predicted octanol–water partition coefficient (Wildman–Crippen LogP) is 0.280. The molecule has 14 heavy (non-hydrogen) atoms. The van der Waals surface area contributed by atoms with Crippen molar-refractivity contribution in [3.63, 3.8) is 0 Å². The minimum atomic E-state index is -0.639. The second-order valence-corrected chi connectivity index (χ2v) is 2.53. The standard InChI is InChI=1S/C8H11N3O.2ClH/c9-7(8(10)12)5-6-3-1-2-4-11-6;;/h1-4,7H,5,9H2,(H2,10,12);2*1H. The van der Waals surface area contributed by atoms with E-state index in [9.17, 15) is 4.79 Å². The van der Waals surface area contributed by atoms with Crippen molar-refractivity contribution in [2.75, 3.05) is 0 Å². The van der Waals surface area contributed by atoms with E-state index in [2.05, 4.69) is 4.98 Å². The minimum absolute atomic E-state index is 0. The molecule has 1 atom stereocenters. The molecular formula is C8H13Cl2N3O. The molecule has 0 aliphatic rings. The normalized spacial score (nSPS) is 10.6. The lowest BCUT2D eigenvalue weighted by molar-refractivity contribution is -0.119. The van der Waals surface area contributed by atoms with Crippen LogP contribution >= 0.6 is 24.8 Å². The Kier molecular flexibility index (Phi) is 8.43. The number of pyridine rings is 1. The van der Waals surface area contributed by atoms with Crippen LogP contribution in [-0.2, 0) is 11.2 Å². The summed E-state index contributed by atoms with van der Waals surface area (Å²) in [5.74, 6) is -0.499. The monoisotopic (exact) mass is 237 g/mol. The average Bonchev–Trinajstić information content (AvgIpc) is 2.06. The van der Waals surface area contributed by atoms with Gasteiger partial charge in [0.25, 0.3) is 0 Å². The number of aromatic nitrogens is 1. The van der Waals surface area contributed by atoms with Crippen molar-refractivity contribution in [1.82, 2.24) is 4.98 Å². The fourth-order valence-electron chi connectivity index (χ4n) is 0.845. The quantitative estimate of drug-likeness (QED) is 0.793. The van der Waals surface area contributed by atoms with E-state index in [1.165, 1.54) is 0 Å². The molecule has 1 heterocycles. The molecule has 1 amide bonds. The summed E-state index contributed by atoms with van der Waals surface area (Å²) in [4.78, 5) is 14.6. The molecule has 0 saturated heterocycles. The Bertz CT molecular complexity index is 269. The van der Waals surface area contributed by atoms with Crippen LogP contribution in [0.3, 0.4) is 0 Å². The van der Waals surface area contributed by atoms with Gasteiger partial charge in [-0.2, -0.15) is 0 Å². The van der Waals surface area contributed by atoms with Gasteiger partial charge in [-0.1, -0.05) is 6.07 Å². The molecule has 0 fully saturated rings. The Morgan fingerprint density at radius 3 is 2.50 bits per heavy atom. The third-order valence-corrected chi connectivity index (χ3v) is 1.52. The lowest BCUT2D eigenvalue weighted by Crippen LogP contribution is -2.38. The minimum Gasteiger partial charge on any atom is -0.368 e. The molecule has 4 nitrogen and oxygen atoms in total. The van der Waals surface area contributed by atoms with Gasteiger partial charge in [-0.25, -0.2) is 0 Å². The summed E-state index contributed by atoms with van der Waals surface area (Å²) in [5.41, 5.74) is 11.2. The van der Waals surface area contributed by atoms with Crippen LogP contribution in [0.15, 0.2) is 24.4 Å². The van der Waals surface area contributed by atoms with Crippen molar-refractivity contribution >= 4 is 30.7 Å². The Morgan fingerprint density at radius 2 is 2.07 bits per heavy atom. The molecule has 0 radical (unpaired) electrons. The van der Waals surface area contributed by atoms with E-state index in [-0.39, 0.29) is 24.8 Å². The summed E-state index contributed by atoms with van der Waals surface area (Å²) in [6, 6.07) is 4.82. The van der Waals surface area contributed by atoms with Gasteiger partial charge in [-0.05, 0) is 12.1 Å². The zero-order chi connectivity index (χ0) is 8.97. The highest BCUT2D eigenvalue weighted by molar-refractivity contribution is 5.85. The van der Waals surface area contributed by atoms with Crippen LogP contribution in [0.1, 0.15) is 5.69 Å². The molecule has 1 aromatic heterocycles. The Hall–Kier alpha value is -0.840. The fourth-order valence-corrected chi connectivity index (χ4v) is 0.845. The van der Waals surface area contributed by atoms with Crippen LogP contribution < -0.4 is 11.5 Å². The molecule has 1 aromatic rings. The van der Waals surface area contributed by atoms with Crippen molar-refractivity contribution in [2.24, 2.45) is 11.5 Å². The van der Waals surface area contributed by atoms with Crippen LogP contribution in [-0.4, -0.2) is 16.9 Å². The summed E-state index contributed by atoms with van der Waals surface area (Å²) in [6.07, 6.45) is 2.05. The van der Waals surface area contributed by atoms with Gasteiger partial charge in [0, 0.05) is 18.3 Å². The van der Waals surface area contributed by atoms with Crippen molar-refractivity contribution in [2.45, 2.75) is 12.5 Å². The molecule has 0 spiro atoms. The molecule has 0 aliphatic heterocycles. The average molecular weight is 238 g/mol. The lowest BCUT2D eigenvalue weighted by Gasteiger charge is -2.05. The molecule has 0 aliphatic carbocycles. The number of primary amides is 1. The van der Waals surface area contributed by atoms with E-state index in [0.717, 1.165) is 5.69 Å². The van der Waals surface area contributed by atoms with Crippen LogP contribution in [0.4, 0.5) is 0 Å². The Balaban J connectivity index is 0.